The lowest BCUT2D eigenvalue weighted by Crippen LogP contribution is -2.37. The Morgan fingerprint density at radius 2 is 2.29 bits per heavy atom. The highest BCUT2D eigenvalue weighted by Gasteiger charge is 2.17. The number of hydrogen-bond acceptors (Lipinski definition) is 2. The molecule has 2 atom stereocenters. The van der Waals surface area contributed by atoms with E-state index < -0.39 is 0 Å². The fraction of sp³-hybridized carbons (Fsp3) is 0.538. The van der Waals surface area contributed by atoms with Gasteiger partial charge in [0.1, 0.15) is 17.8 Å². The van der Waals surface area contributed by atoms with Gasteiger partial charge in [0.2, 0.25) is 5.91 Å². The first-order valence-electron chi connectivity index (χ1n) is 5.97. The van der Waals surface area contributed by atoms with E-state index in [1.54, 1.807) is 29.8 Å². The van der Waals surface area contributed by atoms with E-state index in [-0.39, 0.29) is 18.0 Å². The molecule has 0 aliphatic heterocycles. The molecule has 0 aliphatic carbocycles. The summed E-state index contributed by atoms with van der Waals surface area (Å²) in [5.41, 5.74) is 0.510. The summed E-state index contributed by atoms with van der Waals surface area (Å²) in [6, 6.07) is 5.38. The third-order valence-electron chi connectivity index (χ3n) is 2.80. The highest BCUT2D eigenvalue weighted by atomic mass is 16.2. The molecule has 1 aromatic rings. The maximum atomic E-state index is 12.0. The quantitative estimate of drug-likeness (QED) is 0.847. The molecule has 4 nitrogen and oxygen atoms in total. The fourth-order valence-electron chi connectivity index (χ4n) is 1.82. The summed E-state index contributed by atoms with van der Waals surface area (Å²) in [4.78, 5) is 12.0. The molecule has 2 unspecified atom stereocenters. The average molecular weight is 233 g/mol. The molecule has 1 rings (SSSR count). The Hall–Kier alpha value is -1.76. The second kappa shape index (κ2) is 6.09. The van der Waals surface area contributed by atoms with Crippen LogP contribution >= 0.6 is 0 Å². The molecule has 1 heterocycles. The monoisotopic (exact) mass is 233 g/mol. The lowest BCUT2D eigenvalue weighted by atomic mass is 10.2. The van der Waals surface area contributed by atoms with Gasteiger partial charge in [0.15, 0.2) is 0 Å². The Morgan fingerprint density at radius 3 is 2.88 bits per heavy atom. The summed E-state index contributed by atoms with van der Waals surface area (Å²) in [5.74, 6) is -0.0429. The van der Waals surface area contributed by atoms with E-state index >= 15 is 0 Å². The minimum Gasteiger partial charge on any atom is -0.352 e. The smallest absolute Gasteiger partial charge is 0.243 e. The van der Waals surface area contributed by atoms with Crippen LogP contribution in [0.2, 0.25) is 0 Å². The van der Waals surface area contributed by atoms with Gasteiger partial charge in [0.05, 0.1) is 0 Å². The zero-order valence-electron chi connectivity index (χ0n) is 10.6. The number of aromatic nitrogens is 1. The predicted molar refractivity (Wildman–Crippen MR) is 66.4 cm³/mol. The van der Waals surface area contributed by atoms with Crippen molar-refractivity contribution in [2.24, 2.45) is 0 Å². The van der Waals surface area contributed by atoms with Gasteiger partial charge >= 0.3 is 0 Å². The minimum absolute atomic E-state index is 0.0429. The number of amides is 1. The molecule has 4 heteroatoms. The zero-order chi connectivity index (χ0) is 12.8. The van der Waals surface area contributed by atoms with Crippen molar-refractivity contribution in [3.63, 3.8) is 0 Å². The molecule has 1 aromatic heterocycles. The van der Waals surface area contributed by atoms with Crippen LogP contribution in [0.25, 0.3) is 0 Å². The van der Waals surface area contributed by atoms with Crippen LogP contribution in [0.5, 0.6) is 0 Å². The van der Waals surface area contributed by atoms with Crippen LogP contribution < -0.4 is 5.32 Å². The lowest BCUT2D eigenvalue weighted by Gasteiger charge is -2.18. The molecule has 1 amide bonds. The molecule has 92 valence electrons. The van der Waals surface area contributed by atoms with Gasteiger partial charge in [-0.25, -0.2) is 0 Å². The lowest BCUT2D eigenvalue weighted by molar-refractivity contribution is -0.124. The highest BCUT2D eigenvalue weighted by molar-refractivity contribution is 5.80. The molecule has 0 saturated carbocycles. The van der Waals surface area contributed by atoms with Crippen LogP contribution in [0, 0.1) is 11.3 Å². The zero-order valence-corrected chi connectivity index (χ0v) is 10.6. The number of carbonyl (C=O) groups excluding carboxylic acids is 1. The number of carbonyl (C=O) groups is 1. The van der Waals surface area contributed by atoms with Crippen molar-refractivity contribution in [2.75, 3.05) is 0 Å². The third-order valence-corrected chi connectivity index (χ3v) is 2.80. The largest absolute Gasteiger partial charge is 0.352 e. The van der Waals surface area contributed by atoms with Gasteiger partial charge in [-0.1, -0.05) is 13.3 Å². The molecule has 17 heavy (non-hydrogen) atoms. The van der Waals surface area contributed by atoms with Crippen LogP contribution in [0.3, 0.4) is 0 Å². The van der Waals surface area contributed by atoms with E-state index in [9.17, 15) is 4.79 Å². The van der Waals surface area contributed by atoms with Gasteiger partial charge in [0.25, 0.3) is 0 Å². The molecule has 0 aliphatic rings. The standard InChI is InChI=1S/C13H19N3O/c1-4-6-10(2)15-13(17)11(3)16-8-5-7-12(16)9-14/h5,7-8,10-11H,4,6H2,1-3H3,(H,15,17). The molecule has 0 bridgehead atoms. The molecule has 1 N–H and O–H groups in total. The number of nitrogens with zero attached hydrogens (tertiary/aromatic N) is 2. The maximum Gasteiger partial charge on any atom is 0.243 e. The summed E-state index contributed by atoms with van der Waals surface area (Å²) < 4.78 is 1.69. The molecule has 0 radical (unpaired) electrons. The van der Waals surface area contributed by atoms with Crippen molar-refractivity contribution in [1.29, 1.82) is 5.26 Å². The van der Waals surface area contributed by atoms with E-state index in [0.717, 1.165) is 12.8 Å². The predicted octanol–water partition coefficient (Wildman–Crippen LogP) is 2.23. The van der Waals surface area contributed by atoms with E-state index in [4.69, 9.17) is 5.26 Å². The van der Waals surface area contributed by atoms with E-state index in [0.29, 0.717) is 5.69 Å². The first-order chi connectivity index (χ1) is 8.10. The second-order valence-electron chi connectivity index (χ2n) is 4.29. The Labute approximate surface area is 102 Å². The van der Waals surface area contributed by atoms with E-state index in [1.165, 1.54) is 0 Å². The van der Waals surface area contributed by atoms with Crippen LogP contribution in [-0.2, 0) is 4.79 Å². The Bertz CT molecular complexity index is 417. The van der Waals surface area contributed by atoms with E-state index in [1.807, 2.05) is 6.92 Å². The Kier molecular flexibility index (Phi) is 4.77. The normalized spacial score (nSPS) is 13.8. The summed E-state index contributed by atoms with van der Waals surface area (Å²) >= 11 is 0. The minimum atomic E-state index is -0.348. The van der Waals surface area contributed by atoms with Crippen molar-refractivity contribution in [2.45, 2.75) is 45.7 Å². The van der Waals surface area contributed by atoms with Crippen molar-refractivity contribution >= 4 is 5.91 Å². The van der Waals surface area contributed by atoms with Crippen LogP contribution in [0.1, 0.15) is 45.3 Å². The summed E-state index contributed by atoms with van der Waals surface area (Å²) in [5, 5.41) is 11.9. The van der Waals surface area contributed by atoms with Crippen LogP contribution in [-0.4, -0.2) is 16.5 Å². The van der Waals surface area contributed by atoms with Crippen LogP contribution in [0.4, 0.5) is 0 Å². The SMILES string of the molecule is CCCC(C)NC(=O)C(C)n1cccc1C#N. The first kappa shape index (κ1) is 13.3. The number of nitriles is 1. The van der Waals surface area contributed by atoms with Gasteiger partial charge in [0, 0.05) is 12.2 Å². The molecule has 0 saturated heterocycles. The van der Waals surface area contributed by atoms with Crippen molar-refractivity contribution in [3.8, 4) is 6.07 Å². The third kappa shape index (κ3) is 3.35. The van der Waals surface area contributed by atoms with Gasteiger partial charge in [-0.05, 0) is 32.4 Å². The average Bonchev–Trinajstić information content (AvgIpc) is 2.76. The van der Waals surface area contributed by atoms with Gasteiger partial charge < -0.3 is 9.88 Å². The molecular weight excluding hydrogens is 214 g/mol. The fourth-order valence-corrected chi connectivity index (χ4v) is 1.82. The summed E-state index contributed by atoms with van der Waals surface area (Å²) in [6.45, 7) is 5.88. The topological polar surface area (TPSA) is 57.8 Å². The van der Waals surface area contributed by atoms with E-state index in [2.05, 4.69) is 18.3 Å². The number of hydrogen-bond donors (Lipinski definition) is 1. The van der Waals surface area contributed by atoms with Crippen molar-refractivity contribution in [1.82, 2.24) is 9.88 Å². The number of rotatable bonds is 5. The second-order valence-corrected chi connectivity index (χ2v) is 4.29. The van der Waals surface area contributed by atoms with Crippen molar-refractivity contribution < 1.29 is 4.79 Å². The molecule has 0 aromatic carbocycles. The Balaban J connectivity index is 2.67. The molecule has 0 spiro atoms. The molecule has 0 fully saturated rings. The van der Waals surface area contributed by atoms with Crippen LogP contribution in [0.15, 0.2) is 18.3 Å². The van der Waals surface area contributed by atoms with Gasteiger partial charge in [-0.3, -0.25) is 4.79 Å². The first-order valence-corrected chi connectivity index (χ1v) is 5.97. The summed E-state index contributed by atoms with van der Waals surface area (Å²) in [6.07, 6.45) is 3.77. The molecular formula is C13H19N3O. The number of nitrogens with one attached hydrogen (secondary N) is 1. The highest BCUT2D eigenvalue weighted by Crippen LogP contribution is 2.11. The Morgan fingerprint density at radius 1 is 1.59 bits per heavy atom. The van der Waals surface area contributed by atoms with Crippen molar-refractivity contribution in [3.05, 3.63) is 24.0 Å². The summed E-state index contributed by atoms with van der Waals surface area (Å²) in [7, 11) is 0. The maximum absolute atomic E-state index is 12.0. The van der Waals surface area contributed by atoms with Gasteiger partial charge in [-0.2, -0.15) is 5.26 Å². The van der Waals surface area contributed by atoms with Gasteiger partial charge in [-0.15, -0.1) is 0 Å².